The summed E-state index contributed by atoms with van der Waals surface area (Å²) in [7, 11) is 3.44. The van der Waals surface area contributed by atoms with Gasteiger partial charge < -0.3 is 9.47 Å². The summed E-state index contributed by atoms with van der Waals surface area (Å²) in [5.74, 6) is 0.355. The maximum Gasteiger partial charge on any atom is 0.387 e. The minimum Gasteiger partial charge on any atom is -0.493 e. The average Bonchev–Trinajstić information content (AvgIpc) is 2.85. The molecule has 0 bridgehead atoms. The summed E-state index contributed by atoms with van der Waals surface area (Å²) in [4.78, 5) is 3.38. The normalized spacial score (nSPS) is 11.2. The molecule has 0 aliphatic heterocycles. The number of rotatable bonds is 7. The lowest BCUT2D eigenvalue weighted by Crippen LogP contribution is -2.16. The lowest BCUT2D eigenvalue weighted by molar-refractivity contribution is -0.0512. The monoisotopic (exact) mass is 391 g/mol. The van der Waals surface area contributed by atoms with Crippen LogP contribution in [0.15, 0.2) is 34.1 Å². The summed E-state index contributed by atoms with van der Waals surface area (Å²) in [6.07, 6.45) is 0. The smallest absolute Gasteiger partial charge is 0.387 e. The molecule has 3 nitrogen and oxygen atoms in total. The molecule has 1 aromatic heterocycles. The van der Waals surface area contributed by atoms with Gasteiger partial charge >= 0.3 is 6.61 Å². The molecule has 1 heterocycles. The number of nitrogens with zero attached hydrogens (tertiary/aromatic N) is 1. The molecule has 22 heavy (non-hydrogen) atoms. The maximum absolute atomic E-state index is 12.3. The van der Waals surface area contributed by atoms with E-state index in [2.05, 4.69) is 25.6 Å². The molecular formula is C15H16BrF2NO2S. The fourth-order valence-electron chi connectivity index (χ4n) is 2.05. The second-order valence-electron chi connectivity index (χ2n) is 4.73. The van der Waals surface area contributed by atoms with Crippen LogP contribution in [0, 0.1) is 0 Å². The Bertz CT molecular complexity index is 621. The van der Waals surface area contributed by atoms with E-state index < -0.39 is 6.61 Å². The van der Waals surface area contributed by atoms with Gasteiger partial charge in [-0.1, -0.05) is 6.07 Å². The Balaban J connectivity index is 2.04. The van der Waals surface area contributed by atoms with E-state index in [0.29, 0.717) is 12.3 Å². The standard InChI is InChI=1S/C15H16BrF2NO2S/c1-19(9-14-11(16)5-6-22-14)8-10-3-4-12(21-15(17)18)13(7-10)20-2/h3-7,15H,8-9H2,1-2H3. The Hall–Kier alpha value is -1.18. The summed E-state index contributed by atoms with van der Waals surface area (Å²) in [5, 5.41) is 2.03. The highest BCUT2D eigenvalue weighted by Crippen LogP contribution is 2.30. The van der Waals surface area contributed by atoms with Crippen LogP contribution in [0.2, 0.25) is 0 Å². The van der Waals surface area contributed by atoms with Gasteiger partial charge in [0, 0.05) is 22.4 Å². The van der Waals surface area contributed by atoms with E-state index in [4.69, 9.17) is 4.74 Å². The zero-order valence-electron chi connectivity index (χ0n) is 12.2. The molecule has 120 valence electrons. The van der Waals surface area contributed by atoms with Gasteiger partial charge in [-0.15, -0.1) is 11.3 Å². The van der Waals surface area contributed by atoms with Crippen molar-refractivity contribution >= 4 is 27.3 Å². The molecule has 1 aromatic carbocycles. The van der Waals surface area contributed by atoms with Crippen LogP contribution in [0.5, 0.6) is 11.5 Å². The highest BCUT2D eigenvalue weighted by atomic mass is 79.9. The third-order valence-corrected chi connectivity index (χ3v) is 4.91. The van der Waals surface area contributed by atoms with E-state index in [1.165, 1.54) is 18.1 Å². The third kappa shape index (κ3) is 4.66. The molecule has 0 amide bonds. The van der Waals surface area contributed by atoms with Crippen molar-refractivity contribution in [3.05, 3.63) is 44.6 Å². The van der Waals surface area contributed by atoms with Crippen LogP contribution in [-0.2, 0) is 13.1 Å². The van der Waals surface area contributed by atoms with Crippen molar-refractivity contribution in [2.45, 2.75) is 19.7 Å². The van der Waals surface area contributed by atoms with Crippen molar-refractivity contribution in [2.75, 3.05) is 14.2 Å². The SMILES string of the molecule is COc1cc(CN(C)Cc2sccc2Br)ccc1OC(F)F. The number of alkyl halides is 2. The molecule has 0 spiro atoms. The van der Waals surface area contributed by atoms with Crippen molar-refractivity contribution in [3.63, 3.8) is 0 Å². The summed E-state index contributed by atoms with van der Waals surface area (Å²) in [5.41, 5.74) is 0.966. The Morgan fingerprint density at radius 2 is 2.00 bits per heavy atom. The topological polar surface area (TPSA) is 21.7 Å². The zero-order valence-corrected chi connectivity index (χ0v) is 14.6. The van der Waals surface area contributed by atoms with Gasteiger partial charge in [-0.2, -0.15) is 8.78 Å². The molecule has 0 aliphatic rings. The number of benzene rings is 1. The Labute approximate surface area is 140 Å². The number of thiophene rings is 1. The van der Waals surface area contributed by atoms with Gasteiger partial charge in [-0.25, -0.2) is 0 Å². The van der Waals surface area contributed by atoms with Gasteiger partial charge in [0.2, 0.25) is 0 Å². The zero-order chi connectivity index (χ0) is 16.1. The van der Waals surface area contributed by atoms with Crippen LogP contribution in [0.3, 0.4) is 0 Å². The van der Waals surface area contributed by atoms with Crippen LogP contribution in [0.25, 0.3) is 0 Å². The van der Waals surface area contributed by atoms with Gasteiger partial charge in [0.15, 0.2) is 11.5 Å². The van der Waals surface area contributed by atoms with Crippen molar-refractivity contribution < 1.29 is 18.3 Å². The second kappa shape index (κ2) is 7.89. The fraction of sp³-hybridized carbons (Fsp3) is 0.333. The number of hydrogen-bond donors (Lipinski definition) is 0. The third-order valence-electron chi connectivity index (χ3n) is 3.00. The summed E-state index contributed by atoms with van der Waals surface area (Å²) >= 11 is 5.20. The van der Waals surface area contributed by atoms with Gasteiger partial charge in [0.05, 0.1) is 7.11 Å². The molecular weight excluding hydrogens is 376 g/mol. The highest BCUT2D eigenvalue weighted by molar-refractivity contribution is 9.10. The quantitative estimate of drug-likeness (QED) is 0.679. The van der Waals surface area contributed by atoms with E-state index in [-0.39, 0.29) is 5.75 Å². The predicted octanol–water partition coefficient (Wildman–Crippen LogP) is 4.75. The maximum atomic E-state index is 12.3. The van der Waals surface area contributed by atoms with Crippen molar-refractivity contribution in [2.24, 2.45) is 0 Å². The number of ether oxygens (including phenoxy) is 2. The molecule has 0 saturated carbocycles. The summed E-state index contributed by atoms with van der Waals surface area (Å²) < 4.78 is 35.2. The van der Waals surface area contributed by atoms with Gasteiger partial charge in [-0.3, -0.25) is 4.90 Å². The van der Waals surface area contributed by atoms with Crippen LogP contribution < -0.4 is 9.47 Å². The number of methoxy groups -OCH3 is 1. The van der Waals surface area contributed by atoms with E-state index >= 15 is 0 Å². The summed E-state index contributed by atoms with van der Waals surface area (Å²) in [6.45, 7) is -1.38. The van der Waals surface area contributed by atoms with Crippen molar-refractivity contribution in [3.8, 4) is 11.5 Å². The lowest BCUT2D eigenvalue weighted by Gasteiger charge is -2.17. The Kier molecular flexibility index (Phi) is 6.16. The van der Waals surface area contributed by atoms with E-state index in [1.807, 2.05) is 18.5 Å². The molecule has 0 fully saturated rings. The lowest BCUT2D eigenvalue weighted by atomic mass is 10.2. The largest absolute Gasteiger partial charge is 0.493 e. The Morgan fingerprint density at radius 1 is 1.23 bits per heavy atom. The van der Waals surface area contributed by atoms with Crippen LogP contribution in [0.4, 0.5) is 8.78 Å². The highest BCUT2D eigenvalue weighted by Gasteiger charge is 2.12. The first-order chi connectivity index (χ1) is 10.5. The van der Waals surface area contributed by atoms with Gasteiger partial charge in [0.1, 0.15) is 0 Å². The minimum absolute atomic E-state index is 0.0462. The van der Waals surface area contributed by atoms with Crippen molar-refractivity contribution in [1.82, 2.24) is 4.90 Å². The van der Waals surface area contributed by atoms with Gasteiger partial charge in [-0.05, 0) is 52.1 Å². The van der Waals surface area contributed by atoms with Crippen LogP contribution in [0.1, 0.15) is 10.4 Å². The molecule has 0 N–H and O–H groups in total. The second-order valence-corrected chi connectivity index (χ2v) is 6.58. The first kappa shape index (κ1) is 17.2. The molecule has 0 radical (unpaired) electrons. The minimum atomic E-state index is -2.86. The molecule has 0 saturated heterocycles. The molecule has 0 unspecified atom stereocenters. The first-order valence-electron chi connectivity index (χ1n) is 6.51. The predicted molar refractivity (Wildman–Crippen MR) is 86.8 cm³/mol. The molecule has 7 heteroatoms. The average molecular weight is 392 g/mol. The molecule has 2 rings (SSSR count). The van der Waals surface area contributed by atoms with E-state index in [9.17, 15) is 8.78 Å². The number of hydrogen-bond acceptors (Lipinski definition) is 4. The Morgan fingerprint density at radius 3 is 2.59 bits per heavy atom. The van der Waals surface area contributed by atoms with Crippen molar-refractivity contribution in [1.29, 1.82) is 0 Å². The van der Waals surface area contributed by atoms with Crippen LogP contribution >= 0.6 is 27.3 Å². The molecule has 0 atom stereocenters. The summed E-state index contributed by atoms with van der Waals surface area (Å²) in [6, 6.07) is 7.01. The fourth-order valence-corrected chi connectivity index (χ4v) is 3.61. The first-order valence-corrected chi connectivity index (χ1v) is 8.19. The van der Waals surface area contributed by atoms with Gasteiger partial charge in [0.25, 0.3) is 0 Å². The molecule has 2 aromatic rings. The van der Waals surface area contributed by atoms with Crippen LogP contribution in [-0.4, -0.2) is 25.7 Å². The molecule has 0 aliphatic carbocycles. The van der Waals surface area contributed by atoms with E-state index in [1.54, 1.807) is 23.5 Å². The number of halogens is 3. The van der Waals surface area contributed by atoms with E-state index in [0.717, 1.165) is 16.6 Å².